The standard InChI is InChI=1S/C10H16N2S/c1-2-3-4-5-6-9-11-8-7-10(13)12-9/h7-8H,2-6H2,1H3,(H,11,12,13). The maximum atomic E-state index is 4.22. The van der Waals surface area contributed by atoms with Gasteiger partial charge in [0.15, 0.2) is 0 Å². The van der Waals surface area contributed by atoms with Crippen molar-refractivity contribution in [2.24, 2.45) is 0 Å². The van der Waals surface area contributed by atoms with Crippen LogP contribution in [-0.4, -0.2) is 9.97 Å². The highest BCUT2D eigenvalue weighted by molar-refractivity contribution is 7.80. The van der Waals surface area contributed by atoms with Crippen LogP contribution in [0.1, 0.15) is 38.4 Å². The molecule has 1 rings (SSSR count). The minimum Gasteiger partial charge on any atom is -0.241 e. The summed E-state index contributed by atoms with van der Waals surface area (Å²) < 4.78 is 0. The molecule has 0 saturated heterocycles. The van der Waals surface area contributed by atoms with Crippen molar-refractivity contribution in [1.29, 1.82) is 0 Å². The Balaban J connectivity index is 2.28. The Kier molecular flexibility index (Phi) is 4.83. The van der Waals surface area contributed by atoms with Crippen molar-refractivity contribution < 1.29 is 0 Å². The molecule has 1 aromatic heterocycles. The van der Waals surface area contributed by atoms with Crippen LogP contribution in [0.25, 0.3) is 0 Å². The van der Waals surface area contributed by atoms with E-state index in [1.807, 2.05) is 0 Å². The zero-order chi connectivity index (χ0) is 9.52. The van der Waals surface area contributed by atoms with E-state index in [0.29, 0.717) is 0 Å². The maximum absolute atomic E-state index is 4.22. The predicted molar refractivity (Wildman–Crippen MR) is 57.1 cm³/mol. The van der Waals surface area contributed by atoms with E-state index >= 15 is 0 Å². The van der Waals surface area contributed by atoms with E-state index in [9.17, 15) is 0 Å². The summed E-state index contributed by atoms with van der Waals surface area (Å²) in [5.74, 6) is 0.920. The molecule has 0 atom stereocenters. The predicted octanol–water partition coefficient (Wildman–Crippen LogP) is 2.89. The van der Waals surface area contributed by atoms with Crippen LogP contribution in [-0.2, 0) is 6.42 Å². The van der Waals surface area contributed by atoms with Gasteiger partial charge >= 0.3 is 0 Å². The second-order valence-corrected chi connectivity index (χ2v) is 3.60. The van der Waals surface area contributed by atoms with Crippen LogP contribution in [0.3, 0.4) is 0 Å². The van der Waals surface area contributed by atoms with Gasteiger partial charge < -0.3 is 0 Å². The van der Waals surface area contributed by atoms with Gasteiger partial charge in [-0.15, -0.1) is 12.6 Å². The van der Waals surface area contributed by atoms with E-state index in [1.165, 1.54) is 25.7 Å². The first-order chi connectivity index (χ1) is 6.33. The van der Waals surface area contributed by atoms with Crippen LogP contribution in [0.4, 0.5) is 0 Å². The topological polar surface area (TPSA) is 25.8 Å². The lowest BCUT2D eigenvalue weighted by Crippen LogP contribution is -1.94. The highest BCUT2D eigenvalue weighted by atomic mass is 32.1. The van der Waals surface area contributed by atoms with Gasteiger partial charge in [0.1, 0.15) is 5.82 Å². The van der Waals surface area contributed by atoms with Gasteiger partial charge in [-0.1, -0.05) is 26.2 Å². The first kappa shape index (κ1) is 10.5. The number of aryl methyl sites for hydroxylation is 1. The molecule has 13 heavy (non-hydrogen) atoms. The molecule has 0 amide bonds. The lowest BCUT2D eigenvalue weighted by atomic mass is 10.1. The zero-order valence-electron chi connectivity index (χ0n) is 8.03. The highest BCUT2D eigenvalue weighted by Crippen LogP contribution is 2.05. The van der Waals surface area contributed by atoms with Gasteiger partial charge in [-0.3, -0.25) is 0 Å². The molecule has 0 aliphatic heterocycles. The first-order valence-corrected chi connectivity index (χ1v) is 5.28. The quantitative estimate of drug-likeness (QED) is 0.445. The SMILES string of the molecule is CCCCCCc1nccc(S)n1. The van der Waals surface area contributed by atoms with Crippen LogP contribution in [0.5, 0.6) is 0 Å². The molecule has 0 fully saturated rings. The van der Waals surface area contributed by atoms with Crippen molar-refractivity contribution in [3.05, 3.63) is 18.1 Å². The summed E-state index contributed by atoms with van der Waals surface area (Å²) in [5, 5.41) is 0.764. The van der Waals surface area contributed by atoms with E-state index < -0.39 is 0 Å². The minimum atomic E-state index is 0.764. The van der Waals surface area contributed by atoms with Crippen molar-refractivity contribution in [2.45, 2.75) is 44.1 Å². The Morgan fingerprint density at radius 3 is 2.85 bits per heavy atom. The van der Waals surface area contributed by atoms with Crippen LogP contribution in [0.15, 0.2) is 17.3 Å². The Hall–Kier alpha value is -0.570. The van der Waals surface area contributed by atoms with Crippen LogP contribution in [0.2, 0.25) is 0 Å². The highest BCUT2D eigenvalue weighted by Gasteiger charge is 1.96. The third-order valence-corrected chi connectivity index (χ3v) is 2.19. The lowest BCUT2D eigenvalue weighted by molar-refractivity contribution is 0.648. The van der Waals surface area contributed by atoms with E-state index in [-0.39, 0.29) is 0 Å². The number of thiol groups is 1. The second kappa shape index (κ2) is 5.97. The van der Waals surface area contributed by atoms with Gasteiger partial charge in [-0.25, -0.2) is 9.97 Å². The molecule has 0 N–H and O–H groups in total. The molecule has 0 radical (unpaired) electrons. The molecule has 2 nitrogen and oxygen atoms in total. The molecule has 0 unspecified atom stereocenters. The van der Waals surface area contributed by atoms with Crippen molar-refractivity contribution in [3.63, 3.8) is 0 Å². The lowest BCUT2D eigenvalue weighted by Gasteiger charge is -1.99. The normalized spacial score (nSPS) is 10.3. The zero-order valence-corrected chi connectivity index (χ0v) is 8.93. The van der Waals surface area contributed by atoms with Crippen molar-refractivity contribution >= 4 is 12.6 Å². The Morgan fingerprint density at radius 1 is 1.31 bits per heavy atom. The van der Waals surface area contributed by atoms with E-state index in [2.05, 4.69) is 29.5 Å². The first-order valence-electron chi connectivity index (χ1n) is 4.84. The summed E-state index contributed by atoms with van der Waals surface area (Å²) >= 11 is 4.17. The minimum absolute atomic E-state index is 0.764. The Labute approximate surface area is 85.2 Å². The van der Waals surface area contributed by atoms with Crippen LogP contribution >= 0.6 is 12.6 Å². The largest absolute Gasteiger partial charge is 0.241 e. The molecular weight excluding hydrogens is 180 g/mol. The van der Waals surface area contributed by atoms with Gasteiger partial charge in [-0.05, 0) is 12.5 Å². The summed E-state index contributed by atoms with van der Waals surface area (Å²) in [6, 6.07) is 1.80. The fourth-order valence-electron chi connectivity index (χ4n) is 1.22. The Bertz CT molecular complexity index is 250. The van der Waals surface area contributed by atoms with E-state index in [4.69, 9.17) is 0 Å². The maximum Gasteiger partial charge on any atom is 0.129 e. The molecule has 0 aliphatic rings. The number of rotatable bonds is 5. The summed E-state index contributed by atoms with van der Waals surface area (Å²) in [4.78, 5) is 8.40. The summed E-state index contributed by atoms with van der Waals surface area (Å²) in [6.07, 6.45) is 7.79. The van der Waals surface area contributed by atoms with E-state index in [0.717, 1.165) is 17.3 Å². The van der Waals surface area contributed by atoms with Crippen LogP contribution in [0, 0.1) is 0 Å². The molecule has 0 aliphatic carbocycles. The van der Waals surface area contributed by atoms with Crippen molar-refractivity contribution in [1.82, 2.24) is 9.97 Å². The molecular formula is C10H16N2S. The average Bonchev–Trinajstić information content (AvgIpc) is 2.13. The van der Waals surface area contributed by atoms with Crippen molar-refractivity contribution in [3.8, 4) is 0 Å². The number of unbranched alkanes of at least 4 members (excludes halogenated alkanes) is 3. The fraction of sp³-hybridized carbons (Fsp3) is 0.600. The molecule has 0 aromatic carbocycles. The van der Waals surface area contributed by atoms with E-state index in [1.54, 1.807) is 12.3 Å². The molecule has 1 aromatic rings. The number of aromatic nitrogens is 2. The number of hydrogen-bond acceptors (Lipinski definition) is 3. The van der Waals surface area contributed by atoms with Crippen molar-refractivity contribution in [2.75, 3.05) is 0 Å². The summed E-state index contributed by atoms with van der Waals surface area (Å²) in [5.41, 5.74) is 0. The molecule has 0 saturated carbocycles. The average molecular weight is 196 g/mol. The van der Waals surface area contributed by atoms with Gasteiger partial charge in [0.25, 0.3) is 0 Å². The van der Waals surface area contributed by atoms with Gasteiger partial charge in [0.2, 0.25) is 0 Å². The molecule has 0 spiro atoms. The van der Waals surface area contributed by atoms with Crippen LogP contribution < -0.4 is 0 Å². The van der Waals surface area contributed by atoms with Gasteiger partial charge in [0, 0.05) is 12.6 Å². The summed E-state index contributed by atoms with van der Waals surface area (Å²) in [7, 11) is 0. The molecule has 72 valence electrons. The molecule has 1 heterocycles. The third kappa shape index (κ3) is 4.27. The second-order valence-electron chi connectivity index (χ2n) is 3.14. The summed E-state index contributed by atoms with van der Waals surface area (Å²) in [6.45, 7) is 2.21. The number of nitrogens with zero attached hydrogens (tertiary/aromatic N) is 2. The van der Waals surface area contributed by atoms with Gasteiger partial charge in [0.05, 0.1) is 5.03 Å². The fourth-order valence-corrected chi connectivity index (χ4v) is 1.40. The smallest absolute Gasteiger partial charge is 0.129 e. The molecule has 0 bridgehead atoms. The van der Waals surface area contributed by atoms with Gasteiger partial charge in [-0.2, -0.15) is 0 Å². The Morgan fingerprint density at radius 2 is 2.15 bits per heavy atom. The third-order valence-electron chi connectivity index (χ3n) is 1.94. The molecule has 3 heteroatoms. The monoisotopic (exact) mass is 196 g/mol. The number of hydrogen-bond donors (Lipinski definition) is 1.